The molecule has 0 amide bonds. The first-order chi connectivity index (χ1) is 7.85. The van der Waals surface area contributed by atoms with Crippen LogP contribution in [0.15, 0.2) is 12.2 Å². The van der Waals surface area contributed by atoms with Crippen LogP contribution in [0.5, 0.6) is 0 Å². The van der Waals surface area contributed by atoms with Crippen LogP contribution in [-0.4, -0.2) is 56.7 Å². The third kappa shape index (κ3) is 10.5. The highest BCUT2D eigenvalue weighted by atomic mass is 32.1. The molecular formula is C12H25NO2S. The minimum Gasteiger partial charge on any atom is -0.380 e. The van der Waals surface area contributed by atoms with Gasteiger partial charge in [-0.05, 0) is 13.8 Å². The molecule has 16 heavy (non-hydrogen) atoms. The summed E-state index contributed by atoms with van der Waals surface area (Å²) in [4.78, 5) is 2.32. The number of hydrogen-bond donors (Lipinski definition) is 1. The lowest BCUT2D eigenvalue weighted by atomic mass is 10.4. The van der Waals surface area contributed by atoms with Gasteiger partial charge in [0, 0.05) is 38.6 Å². The Hall–Kier alpha value is -0.0300. The Morgan fingerprint density at radius 3 is 2.00 bits per heavy atom. The molecule has 0 atom stereocenters. The Morgan fingerprint density at radius 1 is 1.00 bits per heavy atom. The van der Waals surface area contributed by atoms with E-state index in [9.17, 15) is 0 Å². The van der Waals surface area contributed by atoms with E-state index in [1.165, 1.54) is 0 Å². The molecule has 0 spiro atoms. The van der Waals surface area contributed by atoms with Crippen molar-refractivity contribution in [3.8, 4) is 0 Å². The van der Waals surface area contributed by atoms with Gasteiger partial charge < -0.3 is 9.47 Å². The summed E-state index contributed by atoms with van der Waals surface area (Å²) in [6, 6.07) is 0. The van der Waals surface area contributed by atoms with Gasteiger partial charge in [0.15, 0.2) is 0 Å². The van der Waals surface area contributed by atoms with Crippen LogP contribution in [0.25, 0.3) is 0 Å². The maximum atomic E-state index is 5.35. The van der Waals surface area contributed by atoms with Crippen molar-refractivity contribution in [2.24, 2.45) is 0 Å². The summed E-state index contributed by atoms with van der Waals surface area (Å²) in [5.41, 5.74) is 0. The molecule has 0 aliphatic heterocycles. The second kappa shape index (κ2) is 13.0. The van der Waals surface area contributed by atoms with Gasteiger partial charge in [0.1, 0.15) is 0 Å². The van der Waals surface area contributed by atoms with Crippen molar-refractivity contribution >= 4 is 12.6 Å². The Kier molecular flexibility index (Phi) is 13.0. The summed E-state index contributed by atoms with van der Waals surface area (Å²) in [6.45, 7) is 10.0. The molecule has 0 heterocycles. The zero-order valence-corrected chi connectivity index (χ0v) is 11.4. The number of thiol groups is 1. The molecular weight excluding hydrogens is 222 g/mol. The van der Waals surface area contributed by atoms with Crippen LogP contribution in [0.2, 0.25) is 0 Å². The number of nitrogens with zero attached hydrogens (tertiary/aromatic N) is 1. The van der Waals surface area contributed by atoms with Gasteiger partial charge in [-0.3, -0.25) is 4.90 Å². The van der Waals surface area contributed by atoms with Gasteiger partial charge in [-0.1, -0.05) is 12.2 Å². The van der Waals surface area contributed by atoms with Gasteiger partial charge >= 0.3 is 0 Å². The van der Waals surface area contributed by atoms with E-state index >= 15 is 0 Å². The molecule has 0 aliphatic carbocycles. The zero-order valence-electron chi connectivity index (χ0n) is 10.5. The van der Waals surface area contributed by atoms with Gasteiger partial charge in [-0.2, -0.15) is 12.6 Å². The van der Waals surface area contributed by atoms with Crippen LogP contribution in [0.4, 0.5) is 0 Å². The lowest BCUT2D eigenvalue weighted by Gasteiger charge is -2.20. The van der Waals surface area contributed by atoms with Gasteiger partial charge in [-0.25, -0.2) is 0 Å². The monoisotopic (exact) mass is 247 g/mol. The molecule has 0 aromatic carbocycles. The topological polar surface area (TPSA) is 21.7 Å². The lowest BCUT2D eigenvalue weighted by Crippen LogP contribution is -2.31. The first-order valence-corrected chi connectivity index (χ1v) is 6.62. The zero-order chi connectivity index (χ0) is 12.1. The highest BCUT2D eigenvalue weighted by molar-refractivity contribution is 7.80. The van der Waals surface area contributed by atoms with Crippen molar-refractivity contribution in [2.75, 3.05) is 51.8 Å². The molecule has 0 aromatic rings. The summed E-state index contributed by atoms with van der Waals surface area (Å²) in [5.74, 6) is 0.796. The highest BCUT2D eigenvalue weighted by Crippen LogP contribution is 1.92. The molecule has 3 nitrogen and oxygen atoms in total. The minimum atomic E-state index is 0.784. The van der Waals surface area contributed by atoms with E-state index < -0.39 is 0 Å². The van der Waals surface area contributed by atoms with Crippen molar-refractivity contribution < 1.29 is 9.47 Å². The van der Waals surface area contributed by atoms with E-state index in [-0.39, 0.29) is 0 Å². The largest absolute Gasteiger partial charge is 0.380 e. The summed E-state index contributed by atoms with van der Waals surface area (Å²) >= 11 is 4.14. The molecule has 0 bridgehead atoms. The van der Waals surface area contributed by atoms with Crippen molar-refractivity contribution in [2.45, 2.75) is 13.8 Å². The maximum absolute atomic E-state index is 5.35. The second-order valence-electron chi connectivity index (χ2n) is 3.35. The molecule has 0 radical (unpaired) electrons. The molecule has 0 rings (SSSR count). The van der Waals surface area contributed by atoms with E-state index in [0.717, 1.165) is 51.8 Å². The first-order valence-electron chi connectivity index (χ1n) is 5.98. The molecule has 0 aliphatic rings. The second-order valence-corrected chi connectivity index (χ2v) is 3.71. The SMILES string of the molecule is CCOCCN(C/C=C/CS)CCOCC. The summed E-state index contributed by atoms with van der Waals surface area (Å²) in [5, 5.41) is 0. The Labute approximate surface area is 105 Å². The minimum absolute atomic E-state index is 0.784. The summed E-state index contributed by atoms with van der Waals surface area (Å²) in [7, 11) is 0. The fourth-order valence-electron chi connectivity index (χ4n) is 1.27. The van der Waals surface area contributed by atoms with Crippen LogP contribution < -0.4 is 0 Å². The molecule has 0 fully saturated rings. The van der Waals surface area contributed by atoms with Gasteiger partial charge in [0.05, 0.1) is 13.2 Å². The third-order valence-electron chi connectivity index (χ3n) is 2.15. The maximum Gasteiger partial charge on any atom is 0.0593 e. The van der Waals surface area contributed by atoms with E-state index in [4.69, 9.17) is 9.47 Å². The molecule has 0 aromatic heterocycles. The third-order valence-corrected chi connectivity index (χ3v) is 2.36. The number of hydrogen-bond acceptors (Lipinski definition) is 4. The number of ether oxygens (including phenoxy) is 2. The average molecular weight is 247 g/mol. The Morgan fingerprint density at radius 2 is 1.56 bits per heavy atom. The van der Waals surface area contributed by atoms with Gasteiger partial charge in [0.25, 0.3) is 0 Å². The van der Waals surface area contributed by atoms with Crippen molar-refractivity contribution in [3.05, 3.63) is 12.2 Å². The number of rotatable bonds is 11. The molecule has 0 unspecified atom stereocenters. The predicted octanol–water partition coefficient (Wildman–Crippen LogP) is 1.85. The van der Waals surface area contributed by atoms with Crippen LogP contribution in [0.1, 0.15) is 13.8 Å². The fraction of sp³-hybridized carbons (Fsp3) is 0.833. The molecule has 0 N–H and O–H groups in total. The van der Waals surface area contributed by atoms with Crippen molar-refractivity contribution in [1.82, 2.24) is 4.90 Å². The average Bonchev–Trinajstić information content (AvgIpc) is 2.29. The Balaban J connectivity index is 3.71. The first kappa shape index (κ1) is 16.0. The summed E-state index contributed by atoms with van der Waals surface area (Å²) < 4.78 is 10.7. The molecule has 4 heteroatoms. The van der Waals surface area contributed by atoms with Crippen LogP contribution in [0.3, 0.4) is 0 Å². The van der Waals surface area contributed by atoms with E-state index in [1.807, 2.05) is 13.8 Å². The molecule has 0 saturated heterocycles. The highest BCUT2D eigenvalue weighted by Gasteiger charge is 2.02. The molecule has 96 valence electrons. The lowest BCUT2D eigenvalue weighted by molar-refractivity contribution is 0.0877. The Bertz CT molecular complexity index is 155. The van der Waals surface area contributed by atoms with E-state index in [0.29, 0.717) is 0 Å². The quantitative estimate of drug-likeness (QED) is 0.342. The predicted molar refractivity (Wildman–Crippen MR) is 72.4 cm³/mol. The van der Waals surface area contributed by atoms with Crippen LogP contribution >= 0.6 is 12.6 Å². The normalized spacial score (nSPS) is 11.8. The van der Waals surface area contributed by atoms with Crippen LogP contribution in [0, 0.1) is 0 Å². The smallest absolute Gasteiger partial charge is 0.0593 e. The van der Waals surface area contributed by atoms with E-state index in [2.05, 4.69) is 29.7 Å². The van der Waals surface area contributed by atoms with Gasteiger partial charge in [-0.15, -0.1) is 0 Å². The summed E-state index contributed by atoms with van der Waals surface area (Å²) in [6.07, 6.45) is 4.21. The van der Waals surface area contributed by atoms with Crippen molar-refractivity contribution in [3.63, 3.8) is 0 Å². The van der Waals surface area contributed by atoms with Crippen molar-refractivity contribution in [1.29, 1.82) is 0 Å². The fourth-order valence-corrected chi connectivity index (χ4v) is 1.42. The molecule has 0 saturated carbocycles. The van der Waals surface area contributed by atoms with Crippen LogP contribution in [-0.2, 0) is 9.47 Å². The van der Waals surface area contributed by atoms with Gasteiger partial charge in [0.2, 0.25) is 0 Å². The standard InChI is InChI=1S/C12H25NO2S/c1-3-14-10-8-13(7-5-6-12-16)9-11-15-4-2/h5-6,16H,3-4,7-12H2,1-2H3/b6-5+. The van der Waals surface area contributed by atoms with E-state index in [1.54, 1.807) is 0 Å².